The van der Waals surface area contributed by atoms with Crippen molar-refractivity contribution in [1.82, 2.24) is 5.32 Å². The first-order valence-corrected chi connectivity index (χ1v) is 12.5. The highest BCUT2D eigenvalue weighted by atomic mass is 32.2. The van der Waals surface area contributed by atoms with Gasteiger partial charge >= 0.3 is 0 Å². The molecule has 191 valence electrons. The normalized spacial score (nSPS) is 11.4. The summed E-state index contributed by atoms with van der Waals surface area (Å²) in [5.74, 6) is -3.78. The molecule has 0 bridgehead atoms. The minimum absolute atomic E-state index is 0.00416. The molecule has 0 aromatic heterocycles. The number of phenolic OH excluding ortho intramolecular Hbond substituents is 1. The smallest absolute Gasteiger partial charge is 0.257 e. The number of carbonyl (C=O) groups is 2. The number of nitrogens with zero attached hydrogens (tertiary/aromatic N) is 1. The Labute approximate surface area is 210 Å². The molecule has 9 nitrogen and oxygen atoms in total. The van der Waals surface area contributed by atoms with Crippen molar-refractivity contribution in [2.75, 3.05) is 30.0 Å². The number of phenols is 1. The minimum Gasteiger partial charge on any atom is -0.506 e. The molecule has 37 heavy (non-hydrogen) atoms. The fourth-order valence-corrected chi connectivity index (χ4v) is 4.21. The fourth-order valence-electron chi connectivity index (χ4n) is 3.76. The molecule has 12 heteroatoms. The van der Waals surface area contributed by atoms with Crippen molar-refractivity contribution in [3.63, 3.8) is 0 Å². The molecule has 2 aromatic carbocycles. The van der Waals surface area contributed by atoms with Gasteiger partial charge in [-0.05, 0) is 35.9 Å². The van der Waals surface area contributed by atoms with Crippen molar-refractivity contribution < 1.29 is 36.3 Å². The van der Waals surface area contributed by atoms with Crippen LogP contribution in [0.1, 0.15) is 20.7 Å². The monoisotopic (exact) mass is 528 g/mol. The van der Waals surface area contributed by atoms with E-state index in [-0.39, 0.29) is 39.3 Å². The van der Waals surface area contributed by atoms with Gasteiger partial charge in [0.25, 0.3) is 11.8 Å². The van der Waals surface area contributed by atoms with Crippen LogP contribution < -0.4 is 14.9 Å². The number of fused-ring (bicyclic) bond motifs is 1. The predicted octanol–water partition coefficient (Wildman–Crippen LogP) is 3.84. The molecule has 0 saturated carbocycles. The molecule has 0 saturated heterocycles. The summed E-state index contributed by atoms with van der Waals surface area (Å²) in [7, 11) is -1.17. The summed E-state index contributed by atoms with van der Waals surface area (Å²) in [6.45, 7) is 0. The van der Waals surface area contributed by atoms with Crippen LogP contribution in [-0.2, 0) is 10.0 Å². The topological polar surface area (TPSA) is 129 Å². The van der Waals surface area contributed by atoms with E-state index in [2.05, 4.69) is 16.9 Å². The molecule has 1 aliphatic carbocycles. The Morgan fingerprint density at radius 3 is 2.32 bits per heavy atom. The van der Waals surface area contributed by atoms with Crippen molar-refractivity contribution in [1.29, 1.82) is 0 Å². The van der Waals surface area contributed by atoms with E-state index >= 15 is 0 Å². The number of halogens is 2. The molecule has 0 unspecified atom stereocenters. The van der Waals surface area contributed by atoms with Crippen LogP contribution in [0.5, 0.6) is 5.75 Å². The van der Waals surface area contributed by atoms with Crippen molar-refractivity contribution in [3.05, 3.63) is 77.6 Å². The first kappa shape index (κ1) is 25.6. The molecule has 2 aliphatic rings. The summed E-state index contributed by atoms with van der Waals surface area (Å²) in [6.07, 6.45) is 3.39. The lowest BCUT2D eigenvalue weighted by Gasteiger charge is -2.17. The highest BCUT2D eigenvalue weighted by Crippen LogP contribution is 2.45. The number of carbonyl (C=O) groups excluding carboxylic acids is 2. The Morgan fingerprint density at radius 1 is 1.05 bits per heavy atom. The quantitative estimate of drug-likeness (QED) is 0.326. The average molecular weight is 529 g/mol. The van der Waals surface area contributed by atoms with Gasteiger partial charge in [-0.3, -0.25) is 13.9 Å². The number of para-hydroxylation sites is 1. The van der Waals surface area contributed by atoms with E-state index < -0.39 is 44.9 Å². The third kappa shape index (κ3) is 4.70. The Morgan fingerprint density at radius 2 is 1.73 bits per heavy atom. The third-order valence-electron chi connectivity index (χ3n) is 5.66. The Hall–Kier alpha value is -4.45. The molecule has 1 heterocycles. The summed E-state index contributed by atoms with van der Waals surface area (Å²) >= 11 is 0. The minimum atomic E-state index is -3.76. The van der Waals surface area contributed by atoms with Crippen molar-refractivity contribution >= 4 is 33.2 Å². The van der Waals surface area contributed by atoms with Crippen LogP contribution in [0.15, 0.2) is 52.9 Å². The van der Waals surface area contributed by atoms with E-state index in [1.54, 1.807) is 0 Å². The Balaban J connectivity index is 2.06. The number of nitrogens with one attached hydrogen (secondary N) is 2. The molecule has 2 aromatic rings. The molecule has 0 atom stereocenters. The number of aromatic hydroxyl groups is 1. The number of hydrogen-bond donors (Lipinski definition) is 3. The third-order valence-corrected chi connectivity index (χ3v) is 6.85. The Bertz CT molecular complexity index is 1580. The Kier molecular flexibility index (Phi) is 6.61. The number of amides is 2. The number of rotatable bonds is 6. The van der Waals surface area contributed by atoms with Gasteiger partial charge in [0.15, 0.2) is 12.1 Å². The number of benzene rings is 2. The zero-order chi connectivity index (χ0) is 27.1. The molecule has 3 N–H and O–H groups in total. The summed E-state index contributed by atoms with van der Waals surface area (Å²) < 4.78 is 58.7. The lowest BCUT2D eigenvalue weighted by molar-refractivity contribution is 0.0963. The van der Waals surface area contributed by atoms with E-state index in [0.717, 1.165) is 28.8 Å². The van der Waals surface area contributed by atoms with Gasteiger partial charge in [-0.15, -0.1) is 0 Å². The van der Waals surface area contributed by atoms with E-state index in [9.17, 15) is 31.9 Å². The van der Waals surface area contributed by atoms with Gasteiger partial charge in [-0.2, -0.15) is 0 Å². The maximum atomic E-state index is 14.4. The van der Waals surface area contributed by atoms with E-state index in [4.69, 9.17) is 4.42 Å². The summed E-state index contributed by atoms with van der Waals surface area (Å²) in [5, 5.41) is 14.9. The summed E-state index contributed by atoms with van der Waals surface area (Å²) in [4.78, 5) is 26.6. The molecule has 1 aliphatic heterocycles. The molecule has 1 radical (unpaired) electrons. The second kappa shape index (κ2) is 9.54. The van der Waals surface area contributed by atoms with Crippen LogP contribution in [0.3, 0.4) is 0 Å². The number of sulfonamides is 1. The maximum Gasteiger partial charge on any atom is 0.257 e. The second-order valence-electron chi connectivity index (χ2n) is 8.01. The van der Waals surface area contributed by atoms with Gasteiger partial charge in [0.05, 0.1) is 23.1 Å². The molecule has 0 fully saturated rings. The second-order valence-corrected chi connectivity index (χ2v) is 10.0. The van der Waals surface area contributed by atoms with Gasteiger partial charge in [0, 0.05) is 25.2 Å². The number of hydrogen-bond acceptors (Lipinski definition) is 6. The van der Waals surface area contributed by atoms with Gasteiger partial charge in [0.2, 0.25) is 10.0 Å². The van der Waals surface area contributed by atoms with Crippen molar-refractivity contribution in [3.8, 4) is 28.2 Å². The van der Waals surface area contributed by atoms with Gasteiger partial charge in [-0.1, -0.05) is 18.2 Å². The van der Waals surface area contributed by atoms with Crippen LogP contribution >= 0.6 is 0 Å². The predicted molar refractivity (Wildman–Crippen MR) is 132 cm³/mol. The van der Waals surface area contributed by atoms with Crippen LogP contribution in [0, 0.1) is 17.9 Å². The van der Waals surface area contributed by atoms with Crippen LogP contribution in [0.25, 0.3) is 22.5 Å². The van der Waals surface area contributed by atoms with Crippen LogP contribution in [-0.4, -0.2) is 45.7 Å². The standard InChI is InChI=1S/C25H20F2N3O6S/c1-28-24(32)21-19(13-7-9-14(26)10-8-13)20(25(33)29-22-17(27)5-4-6-18(22)31)16-11-15(12-36-23(16)21)30(2)37(3,34)35/h4-11,31H,1-3H3,(H,28,32)(H,29,33). The molecular formula is C25H20F2N3O6S. The maximum absolute atomic E-state index is 14.4. The van der Waals surface area contributed by atoms with Crippen LogP contribution in [0.2, 0.25) is 0 Å². The molecule has 2 amide bonds. The highest BCUT2D eigenvalue weighted by Gasteiger charge is 2.35. The lowest BCUT2D eigenvalue weighted by Crippen LogP contribution is -2.25. The van der Waals surface area contributed by atoms with Gasteiger partial charge < -0.3 is 20.2 Å². The zero-order valence-electron chi connectivity index (χ0n) is 19.7. The molecule has 0 spiro atoms. The number of anilines is 2. The fraction of sp³-hybridized carbons (Fsp3) is 0.120. The SMILES string of the molecule is CNC(=O)c1c2o[c]c(N(C)S(C)(=O)=O)cc-2c(C(=O)Nc2c(O)cccc2F)c1-c1ccc(F)cc1. The summed E-state index contributed by atoms with van der Waals surface area (Å²) in [5.41, 5.74) is -0.666. The first-order valence-electron chi connectivity index (χ1n) is 10.7. The van der Waals surface area contributed by atoms with E-state index in [1.807, 2.05) is 0 Å². The molecular weight excluding hydrogens is 508 g/mol. The lowest BCUT2D eigenvalue weighted by atomic mass is 9.99. The molecule has 4 rings (SSSR count). The largest absolute Gasteiger partial charge is 0.506 e. The zero-order valence-corrected chi connectivity index (χ0v) is 20.5. The van der Waals surface area contributed by atoms with Crippen molar-refractivity contribution in [2.24, 2.45) is 0 Å². The van der Waals surface area contributed by atoms with Crippen LogP contribution in [0.4, 0.5) is 20.2 Å². The highest BCUT2D eigenvalue weighted by molar-refractivity contribution is 7.92. The van der Waals surface area contributed by atoms with Gasteiger partial charge in [-0.25, -0.2) is 17.2 Å². The van der Waals surface area contributed by atoms with E-state index in [1.165, 1.54) is 44.4 Å². The van der Waals surface area contributed by atoms with E-state index in [0.29, 0.717) is 0 Å². The first-order chi connectivity index (χ1) is 17.4. The van der Waals surface area contributed by atoms with Crippen molar-refractivity contribution in [2.45, 2.75) is 0 Å². The average Bonchev–Trinajstić information content (AvgIpc) is 3.19. The summed E-state index contributed by atoms with van der Waals surface area (Å²) in [6, 6.07) is 9.62. The van der Waals surface area contributed by atoms with Gasteiger partial charge in [0.1, 0.15) is 23.0 Å².